The first-order chi connectivity index (χ1) is 15.7. The van der Waals surface area contributed by atoms with E-state index in [1.165, 1.54) is 0 Å². The highest BCUT2D eigenvalue weighted by atomic mass is 35.5. The van der Waals surface area contributed by atoms with Gasteiger partial charge < -0.3 is 19.7 Å². The minimum Gasteiger partial charge on any atom is -0.490 e. The van der Waals surface area contributed by atoms with Gasteiger partial charge in [-0.25, -0.2) is 0 Å². The van der Waals surface area contributed by atoms with Crippen LogP contribution in [0.4, 0.5) is 0 Å². The van der Waals surface area contributed by atoms with E-state index < -0.39 is 6.04 Å². The zero-order valence-corrected chi connectivity index (χ0v) is 20.9. The molecule has 0 aliphatic carbocycles. The first kappa shape index (κ1) is 26.5. The van der Waals surface area contributed by atoms with Crippen LogP contribution in [0.2, 0.25) is 5.02 Å². The van der Waals surface area contributed by atoms with E-state index in [1.807, 2.05) is 64.1 Å². The first-order valence-electron chi connectivity index (χ1n) is 11.5. The number of hydrogen-bond donors (Lipinski definition) is 1. The first-order valence-corrected chi connectivity index (χ1v) is 11.9. The van der Waals surface area contributed by atoms with Crippen molar-refractivity contribution in [2.45, 2.75) is 66.1 Å². The molecule has 0 aliphatic heterocycles. The molecule has 0 saturated heterocycles. The van der Waals surface area contributed by atoms with E-state index in [2.05, 4.69) is 5.32 Å². The normalized spacial score (nSPS) is 11.7. The molecule has 0 aliphatic rings. The molecule has 2 rings (SSSR count). The molecule has 6 nitrogen and oxygen atoms in total. The van der Waals surface area contributed by atoms with Crippen LogP contribution < -0.4 is 14.8 Å². The van der Waals surface area contributed by atoms with Crippen molar-refractivity contribution in [1.82, 2.24) is 10.2 Å². The van der Waals surface area contributed by atoms with Crippen LogP contribution in [0, 0.1) is 0 Å². The van der Waals surface area contributed by atoms with E-state index in [1.54, 1.807) is 17.9 Å². The van der Waals surface area contributed by atoms with Gasteiger partial charge in [-0.1, -0.05) is 29.8 Å². The van der Waals surface area contributed by atoms with Crippen molar-refractivity contribution in [1.29, 1.82) is 0 Å². The zero-order chi connectivity index (χ0) is 24.4. The summed E-state index contributed by atoms with van der Waals surface area (Å²) in [5, 5.41) is 3.49. The maximum absolute atomic E-state index is 13.3. The highest BCUT2D eigenvalue weighted by Crippen LogP contribution is 2.29. The lowest BCUT2D eigenvalue weighted by Gasteiger charge is -2.29. The lowest BCUT2D eigenvalue weighted by Crippen LogP contribution is -2.49. The van der Waals surface area contributed by atoms with Crippen LogP contribution >= 0.6 is 11.6 Å². The lowest BCUT2D eigenvalue weighted by molar-refractivity contribution is -0.140. The predicted molar refractivity (Wildman–Crippen MR) is 132 cm³/mol. The quantitative estimate of drug-likeness (QED) is 0.469. The number of halogens is 1. The van der Waals surface area contributed by atoms with Gasteiger partial charge in [0.25, 0.3) is 0 Å². The lowest BCUT2D eigenvalue weighted by atomic mass is 10.1. The average molecular weight is 475 g/mol. The summed E-state index contributed by atoms with van der Waals surface area (Å²) < 4.78 is 11.3. The van der Waals surface area contributed by atoms with Crippen LogP contribution in [0.5, 0.6) is 11.5 Å². The number of aryl methyl sites for hydroxylation is 1. The molecule has 7 heteroatoms. The van der Waals surface area contributed by atoms with Crippen molar-refractivity contribution < 1.29 is 19.1 Å². The van der Waals surface area contributed by atoms with Crippen LogP contribution in [0.25, 0.3) is 0 Å². The summed E-state index contributed by atoms with van der Waals surface area (Å²) in [7, 11) is 0. The van der Waals surface area contributed by atoms with Crippen molar-refractivity contribution >= 4 is 23.4 Å². The van der Waals surface area contributed by atoms with Crippen molar-refractivity contribution in [3.63, 3.8) is 0 Å². The molecule has 1 unspecified atom stereocenters. The van der Waals surface area contributed by atoms with Gasteiger partial charge in [0.15, 0.2) is 11.5 Å². The molecule has 2 amide bonds. The third kappa shape index (κ3) is 8.28. The Morgan fingerprint density at radius 1 is 0.970 bits per heavy atom. The Morgan fingerprint density at radius 2 is 1.67 bits per heavy atom. The minimum atomic E-state index is -0.613. The topological polar surface area (TPSA) is 67.9 Å². The maximum atomic E-state index is 13.3. The maximum Gasteiger partial charge on any atom is 0.242 e. The Balaban J connectivity index is 2.18. The van der Waals surface area contributed by atoms with E-state index in [9.17, 15) is 9.59 Å². The smallest absolute Gasteiger partial charge is 0.242 e. The molecule has 2 aromatic rings. The molecular weight excluding hydrogens is 440 g/mol. The summed E-state index contributed by atoms with van der Waals surface area (Å²) in [4.78, 5) is 27.6. The SMILES string of the molecule is CCOc1ccc(CCC(=O)N(Cc2cccc(Cl)c2)C(C)C(=O)NC(C)C)cc1OCC. The summed E-state index contributed by atoms with van der Waals surface area (Å²) in [6.07, 6.45) is 0.787. The second kappa shape index (κ2) is 13.1. The van der Waals surface area contributed by atoms with Crippen LogP contribution in [-0.4, -0.2) is 42.0 Å². The number of carbonyl (C=O) groups is 2. The number of hydrogen-bond acceptors (Lipinski definition) is 4. The van der Waals surface area contributed by atoms with Gasteiger partial charge in [0.1, 0.15) is 6.04 Å². The summed E-state index contributed by atoms with van der Waals surface area (Å²) in [6.45, 7) is 10.8. The molecule has 2 aromatic carbocycles. The van der Waals surface area contributed by atoms with Crippen LogP contribution in [0.3, 0.4) is 0 Å². The van der Waals surface area contributed by atoms with Gasteiger partial charge >= 0.3 is 0 Å². The van der Waals surface area contributed by atoms with Crippen molar-refractivity contribution in [3.8, 4) is 11.5 Å². The molecule has 0 radical (unpaired) electrons. The van der Waals surface area contributed by atoms with E-state index in [0.717, 1.165) is 11.1 Å². The fourth-order valence-electron chi connectivity index (χ4n) is 3.47. The summed E-state index contributed by atoms with van der Waals surface area (Å²) in [5.41, 5.74) is 1.84. The second-order valence-electron chi connectivity index (χ2n) is 8.14. The van der Waals surface area contributed by atoms with Gasteiger partial charge in [-0.15, -0.1) is 0 Å². The Bertz CT molecular complexity index is 932. The Kier molecular flexibility index (Phi) is 10.5. The van der Waals surface area contributed by atoms with Crippen LogP contribution in [-0.2, 0) is 22.6 Å². The van der Waals surface area contributed by atoms with E-state index in [-0.39, 0.29) is 24.3 Å². The molecule has 0 heterocycles. The molecule has 0 fully saturated rings. The van der Waals surface area contributed by atoms with Crippen LogP contribution in [0.15, 0.2) is 42.5 Å². The van der Waals surface area contributed by atoms with Gasteiger partial charge in [0, 0.05) is 24.0 Å². The standard InChI is InChI=1S/C26H35ClN2O4/c1-6-32-23-13-11-20(16-24(23)33-7-2)12-14-25(30)29(19(5)26(31)28-18(3)4)17-21-9-8-10-22(27)15-21/h8-11,13,15-16,18-19H,6-7,12,14,17H2,1-5H3,(H,28,31). The molecule has 0 bridgehead atoms. The van der Waals surface area contributed by atoms with E-state index in [0.29, 0.717) is 42.7 Å². The average Bonchev–Trinajstić information content (AvgIpc) is 2.76. The van der Waals surface area contributed by atoms with E-state index >= 15 is 0 Å². The van der Waals surface area contributed by atoms with Gasteiger partial charge in [0.2, 0.25) is 11.8 Å². The monoisotopic (exact) mass is 474 g/mol. The van der Waals surface area contributed by atoms with Crippen molar-refractivity contribution in [3.05, 3.63) is 58.6 Å². The Labute approximate surface area is 202 Å². The number of amides is 2. The molecule has 33 heavy (non-hydrogen) atoms. The van der Waals surface area contributed by atoms with Crippen molar-refractivity contribution in [2.24, 2.45) is 0 Å². The van der Waals surface area contributed by atoms with Gasteiger partial charge in [-0.05, 0) is 76.4 Å². The molecule has 0 aromatic heterocycles. The third-order valence-corrected chi connectivity index (χ3v) is 5.31. The zero-order valence-electron chi connectivity index (χ0n) is 20.2. The molecule has 0 saturated carbocycles. The number of rotatable bonds is 12. The summed E-state index contributed by atoms with van der Waals surface area (Å²) in [5.74, 6) is 1.08. The predicted octanol–water partition coefficient (Wildman–Crippen LogP) is 5.01. The summed E-state index contributed by atoms with van der Waals surface area (Å²) in [6, 6.07) is 12.5. The number of nitrogens with one attached hydrogen (secondary N) is 1. The fourth-order valence-corrected chi connectivity index (χ4v) is 3.68. The molecular formula is C26H35ClN2O4. The van der Waals surface area contributed by atoms with E-state index in [4.69, 9.17) is 21.1 Å². The number of benzene rings is 2. The third-order valence-electron chi connectivity index (χ3n) is 5.08. The van der Waals surface area contributed by atoms with Crippen LogP contribution in [0.1, 0.15) is 52.2 Å². The molecule has 1 atom stereocenters. The molecule has 0 spiro atoms. The summed E-state index contributed by atoms with van der Waals surface area (Å²) >= 11 is 6.13. The number of nitrogens with zero attached hydrogens (tertiary/aromatic N) is 1. The van der Waals surface area contributed by atoms with Gasteiger partial charge in [0.05, 0.1) is 13.2 Å². The fraction of sp³-hybridized carbons (Fsp3) is 0.462. The second-order valence-corrected chi connectivity index (χ2v) is 8.57. The largest absolute Gasteiger partial charge is 0.490 e. The highest BCUT2D eigenvalue weighted by molar-refractivity contribution is 6.30. The Hall–Kier alpha value is -2.73. The molecule has 180 valence electrons. The van der Waals surface area contributed by atoms with Gasteiger partial charge in [-0.2, -0.15) is 0 Å². The minimum absolute atomic E-state index is 0.0103. The van der Waals surface area contributed by atoms with Crippen molar-refractivity contribution in [2.75, 3.05) is 13.2 Å². The Morgan fingerprint density at radius 3 is 2.30 bits per heavy atom. The number of ether oxygens (including phenoxy) is 2. The molecule has 1 N–H and O–H groups in total. The number of carbonyl (C=O) groups excluding carboxylic acids is 2. The van der Waals surface area contributed by atoms with Gasteiger partial charge in [-0.3, -0.25) is 9.59 Å². The highest BCUT2D eigenvalue weighted by Gasteiger charge is 2.26.